The first-order chi connectivity index (χ1) is 24.5. The minimum Gasteiger partial charge on any atom is -0.454 e. The molecule has 0 spiro atoms. The second-order valence-electron chi connectivity index (χ2n) is 13.4. The number of allylic oxidation sites excluding steroid dienone is 2. The van der Waals surface area contributed by atoms with Gasteiger partial charge in [-0.25, -0.2) is 4.90 Å². The standard InChI is InChI=1S/C42H29NO7/c1-24-12-16-29(17-13-24)43-38(44)36-37(39(43)45)42(28-10-6-3-7-11-28)35(26-15-19-31-33(21-26)50-23-48-31)34(25-14-18-30-32(20-25)49-22-47-30)41(36,40(42)46)27-8-4-2-5-9-27/h2-21,36-37H,22-23H2,1H3/t36-,37+,41-,42-/m0/s1. The fraction of sp³-hybridized carbons (Fsp3) is 0.167. The van der Waals surface area contributed by atoms with Crippen LogP contribution in [-0.2, 0) is 25.2 Å². The summed E-state index contributed by atoms with van der Waals surface area (Å²) in [6.45, 7) is 2.11. The van der Waals surface area contributed by atoms with Crippen LogP contribution in [0.2, 0.25) is 0 Å². The van der Waals surface area contributed by atoms with Gasteiger partial charge >= 0.3 is 0 Å². The zero-order valence-electron chi connectivity index (χ0n) is 26.9. The van der Waals surface area contributed by atoms with Gasteiger partial charge in [0.05, 0.1) is 28.4 Å². The van der Waals surface area contributed by atoms with E-state index in [9.17, 15) is 0 Å². The summed E-state index contributed by atoms with van der Waals surface area (Å²) in [6.07, 6.45) is 0. The van der Waals surface area contributed by atoms with Crippen LogP contribution >= 0.6 is 0 Å². The van der Waals surface area contributed by atoms with E-state index in [1.165, 1.54) is 4.90 Å². The van der Waals surface area contributed by atoms with E-state index in [1.807, 2.05) is 116 Å². The van der Waals surface area contributed by atoms with E-state index < -0.39 is 34.5 Å². The molecule has 2 bridgehead atoms. The van der Waals surface area contributed by atoms with Gasteiger partial charge in [0, 0.05) is 0 Å². The predicted octanol–water partition coefficient (Wildman–Crippen LogP) is 6.64. The van der Waals surface area contributed by atoms with Gasteiger partial charge in [-0.3, -0.25) is 14.4 Å². The highest BCUT2D eigenvalue weighted by molar-refractivity contribution is 6.39. The van der Waals surface area contributed by atoms with Crippen molar-refractivity contribution in [1.29, 1.82) is 0 Å². The Kier molecular flexibility index (Phi) is 5.87. The average Bonchev–Trinajstić information content (AvgIpc) is 3.96. The number of ether oxygens (including phenoxy) is 4. The van der Waals surface area contributed by atoms with Crippen LogP contribution in [0, 0.1) is 18.8 Å². The maximum Gasteiger partial charge on any atom is 0.239 e. The Morgan fingerprint density at radius 3 is 1.44 bits per heavy atom. The first kappa shape index (κ1) is 28.8. The monoisotopic (exact) mass is 659 g/mol. The summed E-state index contributed by atoms with van der Waals surface area (Å²) in [6, 6.07) is 37.5. The molecule has 4 atom stereocenters. The molecule has 5 aliphatic rings. The smallest absolute Gasteiger partial charge is 0.239 e. The van der Waals surface area contributed by atoms with Crippen molar-refractivity contribution in [1.82, 2.24) is 0 Å². The maximum atomic E-state index is 16.2. The molecule has 2 amide bonds. The molecule has 2 fully saturated rings. The van der Waals surface area contributed by atoms with Crippen LogP contribution in [0.3, 0.4) is 0 Å². The Bertz CT molecular complexity index is 2180. The number of imide groups is 1. The molecule has 0 unspecified atom stereocenters. The Morgan fingerprint density at radius 1 is 0.540 bits per heavy atom. The molecule has 3 heterocycles. The minimum atomic E-state index is -1.55. The van der Waals surface area contributed by atoms with E-state index in [0.29, 0.717) is 62.1 Å². The van der Waals surface area contributed by atoms with E-state index in [4.69, 9.17) is 18.9 Å². The summed E-state index contributed by atoms with van der Waals surface area (Å²) in [5.41, 5.74) is 2.38. The predicted molar refractivity (Wildman–Crippen MR) is 184 cm³/mol. The van der Waals surface area contributed by atoms with Crippen LogP contribution < -0.4 is 23.8 Å². The molecule has 0 radical (unpaired) electrons. The van der Waals surface area contributed by atoms with E-state index in [0.717, 1.165) is 5.56 Å². The molecule has 3 aliphatic heterocycles. The quantitative estimate of drug-likeness (QED) is 0.196. The number of rotatable bonds is 5. The molecule has 0 N–H and O–H groups in total. The van der Waals surface area contributed by atoms with E-state index in [2.05, 4.69) is 0 Å². The lowest BCUT2D eigenvalue weighted by atomic mass is 9.59. The van der Waals surface area contributed by atoms with Crippen LogP contribution in [0.4, 0.5) is 5.69 Å². The summed E-state index contributed by atoms with van der Waals surface area (Å²) in [4.78, 5) is 47.8. The van der Waals surface area contributed by atoms with Crippen molar-refractivity contribution >= 4 is 34.4 Å². The van der Waals surface area contributed by atoms with Crippen molar-refractivity contribution in [3.05, 3.63) is 149 Å². The highest BCUT2D eigenvalue weighted by Crippen LogP contribution is 2.74. The fourth-order valence-electron chi connectivity index (χ4n) is 9.18. The maximum absolute atomic E-state index is 16.2. The number of fused-ring (bicyclic) bond motifs is 7. The van der Waals surface area contributed by atoms with E-state index >= 15 is 14.4 Å². The number of amides is 2. The molecule has 8 nitrogen and oxygen atoms in total. The second kappa shape index (κ2) is 10.2. The van der Waals surface area contributed by atoms with Crippen LogP contribution in [-0.4, -0.2) is 31.2 Å². The molecule has 1 saturated heterocycles. The van der Waals surface area contributed by atoms with Crippen LogP contribution in [0.1, 0.15) is 27.8 Å². The summed E-state index contributed by atoms with van der Waals surface area (Å²) >= 11 is 0. The summed E-state index contributed by atoms with van der Waals surface area (Å²) in [7, 11) is 0. The Morgan fingerprint density at radius 2 is 0.980 bits per heavy atom. The van der Waals surface area contributed by atoms with Crippen molar-refractivity contribution in [2.75, 3.05) is 18.5 Å². The second-order valence-corrected chi connectivity index (χ2v) is 13.4. The molecule has 2 aliphatic carbocycles. The number of nitrogens with zero attached hydrogens (tertiary/aromatic N) is 1. The molecule has 8 heteroatoms. The van der Waals surface area contributed by atoms with Gasteiger partial charge in [0.1, 0.15) is 0 Å². The lowest BCUT2D eigenvalue weighted by molar-refractivity contribution is -0.130. The lowest BCUT2D eigenvalue weighted by Gasteiger charge is -2.39. The molecule has 1 saturated carbocycles. The highest BCUT2D eigenvalue weighted by Gasteiger charge is 2.82. The molecule has 5 aromatic rings. The number of anilines is 1. The van der Waals surface area contributed by atoms with Crippen molar-refractivity contribution in [2.24, 2.45) is 11.8 Å². The largest absolute Gasteiger partial charge is 0.454 e. The number of benzene rings is 5. The third kappa shape index (κ3) is 3.47. The number of carbonyl (C=O) groups is 3. The van der Waals surface area contributed by atoms with Crippen molar-refractivity contribution < 1.29 is 33.3 Å². The number of aryl methyl sites for hydroxylation is 1. The summed E-state index contributed by atoms with van der Waals surface area (Å²) in [5.74, 6) is -0.815. The number of ketones is 1. The number of Topliss-reactive ketones (excluding diaryl/α,β-unsaturated/α-hetero) is 1. The minimum absolute atomic E-state index is 0.0762. The zero-order valence-corrected chi connectivity index (χ0v) is 26.9. The van der Waals surface area contributed by atoms with Gasteiger partial charge in [-0.15, -0.1) is 0 Å². The molecule has 5 aromatic carbocycles. The molecular formula is C42H29NO7. The van der Waals surface area contributed by atoms with Gasteiger partial charge in [0.25, 0.3) is 0 Å². The van der Waals surface area contributed by atoms with Gasteiger partial charge in [-0.2, -0.15) is 0 Å². The fourth-order valence-corrected chi connectivity index (χ4v) is 9.18. The van der Waals surface area contributed by atoms with E-state index in [-0.39, 0.29) is 19.4 Å². The van der Waals surface area contributed by atoms with Gasteiger partial charge in [-0.05, 0) is 76.7 Å². The van der Waals surface area contributed by atoms with Gasteiger partial charge < -0.3 is 18.9 Å². The number of carbonyl (C=O) groups excluding carboxylic acids is 3. The van der Waals surface area contributed by atoms with Gasteiger partial charge in [-0.1, -0.05) is 90.5 Å². The number of hydrogen-bond acceptors (Lipinski definition) is 7. The first-order valence-electron chi connectivity index (χ1n) is 16.6. The van der Waals surface area contributed by atoms with Gasteiger partial charge in [0.15, 0.2) is 28.8 Å². The molecule has 50 heavy (non-hydrogen) atoms. The van der Waals surface area contributed by atoms with Crippen LogP contribution in [0.25, 0.3) is 11.1 Å². The van der Waals surface area contributed by atoms with Crippen LogP contribution in [0.15, 0.2) is 121 Å². The average molecular weight is 660 g/mol. The lowest BCUT2D eigenvalue weighted by Crippen LogP contribution is -2.45. The Labute approximate surface area is 287 Å². The van der Waals surface area contributed by atoms with Crippen molar-refractivity contribution in [3.63, 3.8) is 0 Å². The third-order valence-electron chi connectivity index (χ3n) is 11.1. The number of hydrogen-bond donors (Lipinski definition) is 0. The molecular weight excluding hydrogens is 630 g/mol. The van der Waals surface area contributed by atoms with Crippen LogP contribution in [0.5, 0.6) is 23.0 Å². The summed E-state index contributed by atoms with van der Waals surface area (Å²) in [5, 5.41) is 0. The normalized spacial score (nSPS) is 25.5. The molecule has 0 aromatic heterocycles. The molecule has 244 valence electrons. The SMILES string of the molecule is Cc1ccc(N2C(=O)[C@@H]3[C@H](C2=O)[C@@]2(c4ccccc4)C(=O)[C@@]3(c3ccccc3)C(c3ccc4c(c3)OCO4)=C2c2ccc3c(c2)OCO3)cc1. The first-order valence-corrected chi connectivity index (χ1v) is 16.6. The topological polar surface area (TPSA) is 91.4 Å². The summed E-state index contributed by atoms with van der Waals surface area (Å²) < 4.78 is 23.1. The Balaban J connectivity index is 1.37. The molecule has 10 rings (SSSR count). The van der Waals surface area contributed by atoms with Crippen molar-refractivity contribution in [3.8, 4) is 23.0 Å². The van der Waals surface area contributed by atoms with Gasteiger partial charge in [0.2, 0.25) is 25.4 Å². The zero-order chi connectivity index (χ0) is 33.8. The van der Waals surface area contributed by atoms with E-state index in [1.54, 1.807) is 12.1 Å². The Hall–Kier alpha value is -6.15. The third-order valence-corrected chi connectivity index (χ3v) is 11.1. The highest BCUT2D eigenvalue weighted by atomic mass is 16.7. The van der Waals surface area contributed by atoms with Crippen molar-refractivity contribution in [2.45, 2.75) is 17.8 Å².